The van der Waals surface area contributed by atoms with Crippen LogP contribution in [0.2, 0.25) is 0 Å². The Balaban J connectivity index is 2.13. The first-order valence-electron chi connectivity index (χ1n) is 10.5. The van der Waals surface area contributed by atoms with Gasteiger partial charge in [0.2, 0.25) is 6.17 Å². The number of aliphatic imine (C=N–C) groups is 1. The number of nitrogens with one attached hydrogen (secondary N) is 1. The van der Waals surface area contributed by atoms with E-state index in [1.54, 1.807) is 58.0 Å². The van der Waals surface area contributed by atoms with Crippen molar-refractivity contribution in [1.29, 1.82) is 0 Å². The number of fused-ring (bicyclic) bond motifs is 1. The zero-order chi connectivity index (χ0) is 24.2. The summed E-state index contributed by atoms with van der Waals surface area (Å²) in [7, 11) is 0. The topological polar surface area (TPSA) is 97.3 Å². The second-order valence-electron chi connectivity index (χ2n) is 8.25. The highest BCUT2D eigenvalue weighted by molar-refractivity contribution is 6.20. The number of hydrogen-bond donors (Lipinski definition) is 1. The molecule has 0 unspecified atom stereocenters. The number of esters is 1. The largest absolute Gasteiger partial charge is 0.465 e. The molecule has 1 aliphatic heterocycles. The van der Waals surface area contributed by atoms with Crippen molar-refractivity contribution < 1.29 is 28.2 Å². The summed E-state index contributed by atoms with van der Waals surface area (Å²) in [6.45, 7) is 6.42. The van der Waals surface area contributed by atoms with Crippen LogP contribution in [-0.2, 0) is 19.1 Å². The van der Waals surface area contributed by atoms with Crippen molar-refractivity contribution in [2.45, 2.75) is 39.5 Å². The number of carbonyl (C=O) groups excluding carboxylic acids is 3. The molecular formula is C24H26FN3O5. The van der Waals surface area contributed by atoms with Gasteiger partial charge in [-0.15, -0.1) is 0 Å². The van der Waals surface area contributed by atoms with Crippen LogP contribution in [0.25, 0.3) is 0 Å². The van der Waals surface area contributed by atoms with E-state index in [9.17, 15) is 18.8 Å². The molecule has 2 amide bonds. The number of ether oxygens (including phenoxy) is 2. The number of halogens is 1. The number of anilines is 1. The van der Waals surface area contributed by atoms with Gasteiger partial charge in [0.25, 0.3) is 5.91 Å². The minimum Gasteiger partial charge on any atom is -0.465 e. The van der Waals surface area contributed by atoms with Gasteiger partial charge in [0, 0.05) is 11.1 Å². The predicted octanol–water partition coefficient (Wildman–Crippen LogP) is 3.42. The monoisotopic (exact) mass is 455 g/mol. The molecule has 1 N–H and O–H groups in total. The summed E-state index contributed by atoms with van der Waals surface area (Å²) in [4.78, 5) is 43.8. The standard InChI is InChI=1S/C24H26FN3O5/c1-5-32-19(29)14-28-18-13-9-7-11-16(18)20(15-10-6-8-12-17(15)25)26-21(22(28)30)27-23(31)33-24(2,3)4/h6-13,21H,5,14H2,1-4H3,(H,27,31)/t21-/m1/s1. The molecule has 2 aromatic rings. The van der Waals surface area contributed by atoms with Crippen LogP contribution in [0, 0.1) is 5.82 Å². The van der Waals surface area contributed by atoms with E-state index in [1.165, 1.54) is 23.1 Å². The van der Waals surface area contributed by atoms with Gasteiger partial charge < -0.3 is 9.47 Å². The van der Waals surface area contributed by atoms with Crippen LogP contribution in [0.4, 0.5) is 14.9 Å². The zero-order valence-corrected chi connectivity index (χ0v) is 18.9. The Labute approximate surface area is 191 Å². The maximum Gasteiger partial charge on any atom is 0.409 e. The van der Waals surface area contributed by atoms with Gasteiger partial charge in [-0.3, -0.25) is 19.8 Å². The number of benzene rings is 2. The molecule has 0 aliphatic carbocycles. The lowest BCUT2D eigenvalue weighted by molar-refractivity contribution is -0.142. The Hall–Kier alpha value is -3.75. The number of rotatable bonds is 5. The van der Waals surface area contributed by atoms with Gasteiger partial charge in [-0.1, -0.05) is 30.3 Å². The van der Waals surface area contributed by atoms with Gasteiger partial charge in [0.05, 0.1) is 18.0 Å². The normalized spacial score (nSPS) is 15.8. The van der Waals surface area contributed by atoms with Gasteiger partial charge in [0.1, 0.15) is 18.0 Å². The fourth-order valence-corrected chi connectivity index (χ4v) is 3.31. The molecular weight excluding hydrogens is 429 g/mol. The summed E-state index contributed by atoms with van der Waals surface area (Å²) < 4.78 is 25.0. The van der Waals surface area contributed by atoms with Crippen molar-refractivity contribution in [3.8, 4) is 0 Å². The molecule has 0 saturated heterocycles. The van der Waals surface area contributed by atoms with E-state index < -0.39 is 42.1 Å². The molecule has 3 rings (SSSR count). The number of carbonyl (C=O) groups is 3. The number of benzodiazepines with no additional fused rings is 1. The Bertz CT molecular complexity index is 1090. The second-order valence-corrected chi connectivity index (χ2v) is 8.25. The molecule has 8 nitrogen and oxygen atoms in total. The summed E-state index contributed by atoms with van der Waals surface area (Å²) in [5.74, 6) is -1.87. The molecule has 1 atom stereocenters. The number of nitrogens with zero attached hydrogens (tertiary/aromatic N) is 2. The van der Waals surface area contributed by atoms with E-state index in [0.717, 1.165) is 0 Å². The highest BCUT2D eigenvalue weighted by Gasteiger charge is 2.35. The van der Waals surface area contributed by atoms with Crippen molar-refractivity contribution in [2.24, 2.45) is 4.99 Å². The summed E-state index contributed by atoms with van der Waals surface area (Å²) in [6.07, 6.45) is -2.34. The molecule has 0 radical (unpaired) electrons. The van der Waals surface area contributed by atoms with Crippen LogP contribution in [0.3, 0.4) is 0 Å². The van der Waals surface area contributed by atoms with Crippen LogP contribution < -0.4 is 10.2 Å². The van der Waals surface area contributed by atoms with Crippen molar-refractivity contribution in [1.82, 2.24) is 5.32 Å². The van der Waals surface area contributed by atoms with Crippen molar-refractivity contribution in [3.63, 3.8) is 0 Å². The van der Waals surface area contributed by atoms with E-state index in [2.05, 4.69) is 10.3 Å². The first-order chi connectivity index (χ1) is 15.6. The molecule has 1 aliphatic rings. The molecule has 33 heavy (non-hydrogen) atoms. The average Bonchev–Trinajstić information content (AvgIpc) is 2.84. The van der Waals surface area contributed by atoms with Crippen LogP contribution in [0.15, 0.2) is 53.5 Å². The SMILES string of the molecule is CCOC(=O)CN1C(=O)[C@@H](NC(=O)OC(C)(C)C)N=C(c2ccccc2F)c2ccccc21. The fourth-order valence-electron chi connectivity index (χ4n) is 3.31. The molecule has 0 saturated carbocycles. The quantitative estimate of drug-likeness (QED) is 0.697. The number of hydrogen-bond acceptors (Lipinski definition) is 6. The fraction of sp³-hybridized carbons (Fsp3) is 0.333. The molecule has 0 spiro atoms. The summed E-state index contributed by atoms with van der Waals surface area (Å²) in [6, 6.07) is 12.7. The van der Waals surface area contributed by atoms with Crippen molar-refractivity contribution in [3.05, 3.63) is 65.5 Å². The Morgan fingerprint density at radius 2 is 1.73 bits per heavy atom. The molecule has 0 aromatic heterocycles. The van der Waals surface area contributed by atoms with Crippen LogP contribution in [-0.4, -0.2) is 48.6 Å². The molecule has 174 valence electrons. The maximum atomic E-state index is 14.8. The average molecular weight is 455 g/mol. The minimum atomic E-state index is -1.46. The minimum absolute atomic E-state index is 0.138. The van der Waals surface area contributed by atoms with Crippen molar-refractivity contribution >= 4 is 29.4 Å². The first-order valence-corrected chi connectivity index (χ1v) is 10.5. The van der Waals surface area contributed by atoms with Crippen LogP contribution in [0.5, 0.6) is 0 Å². The summed E-state index contributed by atoms with van der Waals surface area (Å²) >= 11 is 0. The lowest BCUT2D eigenvalue weighted by atomic mass is 10.00. The second kappa shape index (κ2) is 9.81. The molecule has 0 fully saturated rings. The zero-order valence-electron chi connectivity index (χ0n) is 18.9. The van der Waals surface area contributed by atoms with E-state index in [4.69, 9.17) is 9.47 Å². The van der Waals surface area contributed by atoms with Gasteiger partial charge in [-0.2, -0.15) is 0 Å². The van der Waals surface area contributed by atoms with E-state index in [1.807, 2.05) is 0 Å². The summed E-state index contributed by atoms with van der Waals surface area (Å²) in [5, 5.41) is 2.44. The van der Waals surface area contributed by atoms with Gasteiger partial charge in [-0.05, 0) is 45.9 Å². The lowest BCUT2D eigenvalue weighted by Gasteiger charge is -2.25. The van der Waals surface area contributed by atoms with Gasteiger partial charge in [0.15, 0.2) is 0 Å². The number of amides is 2. The summed E-state index contributed by atoms with van der Waals surface area (Å²) in [5.41, 5.74) is 0.250. The smallest absolute Gasteiger partial charge is 0.409 e. The molecule has 1 heterocycles. The first kappa shape index (κ1) is 23.9. The molecule has 2 aromatic carbocycles. The Kier molecular flexibility index (Phi) is 7.10. The third-order valence-corrected chi connectivity index (χ3v) is 4.58. The highest BCUT2D eigenvalue weighted by Crippen LogP contribution is 2.29. The third-order valence-electron chi connectivity index (χ3n) is 4.58. The maximum absolute atomic E-state index is 14.8. The van der Waals surface area contributed by atoms with E-state index in [-0.39, 0.29) is 17.9 Å². The number of para-hydroxylation sites is 1. The van der Waals surface area contributed by atoms with Gasteiger partial charge >= 0.3 is 12.1 Å². The highest BCUT2D eigenvalue weighted by atomic mass is 19.1. The van der Waals surface area contributed by atoms with Crippen LogP contribution in [0.1, 0.15) is 38.8 Å². The molecule has 0 bridgehead atoms. The van der Waals surface area contributed by atoms with E-state index in [0.29, 0.717) is 11.3 Å². The van der Waals surface area contributed by atoms with E-state index >= 15 is 0 Å². The predicted molar refractivity (Wildman–Crippen MR) is 121 cm³/mol. The number of alkyl carbamates (subject to hydrolysis) is 1. The Morgan fingerprint density at radius 1 is 1.09 bits per heavy atom. The Morgan fingerprint density at radius 3 is 2.36 bits per heavy atom. The van der Waals surface area contributed by atoms with Gasteiger partial charge in [-0.25, -0.2) is 14.2 Å². The lowest BCUT2D eigenvalue weighted by Crippen LogP contribution is -2.50. The molecule has 9 heteroatoms. The van der Waals surface area contributed by atoms with Crippen LogP contribution >= 0.6 is 0 Å². The van der Waals surface area contributed by atoms with Crippen molar-refractivity contribution in [2.75, 3.05) is 18.1 Å². The third kappa shape index (κ3) is 5.74.